The van der Waals surface area contributed by atoms with Gasteiger partial charge in [0.15, 0.2) is 12.6 Å². The lowest BCUT2D eigenvalue weighted by Gasteiger charge is -2.11. The smallest absolute Gasteiger partial charge is 0.422 e. The molecule has 0 amide bonds. The second kappa shape index (κ2) is 14.8. The fourth-order valence-corrected chi connectivity index (χ4v) is 2.12. The van der Waals surface area contributed by atoms with E-state index in [-0.39, 0.29) is 29.7 Å². The number of nitrogens with zero attached hydrogens (tertiary/aromatic N) is 1. The fourth-order valence-electron chi connectivity index (χ4n) is 2.12. The van der Waals surface area contributed by atoms with Gasteiger partial charge >= 0.3 is 6.18 Å². The zero-order valence-corrected chi connectivity index (χ0v) is 18.1. The number of hydrogen-bond acceptors (Lipinski definition) is 3. The third-order valence-electron chi connectivity index (χ3n) is 3.41. The topological polar surface area (TPSA) is 54.9 Å². The molecule has 0 saturated heterocycles. The van der Waals surface area contributed by atoms with Gasteiger partial charge in [-0.2, -0.15) is 13.2 Å². The van der Waals surface area contributed by atoms with Crippen molar-refractivity contribution in [1.29, 1.82) is 0 Å². The molecular formula is C18H29F3IN3O2. The standard InChI is InChI=1S/C18H28F3N3O2.HI/c1-3-22-17(23-11-5-4-6-12-25-2)24-13-15-7-9-16(10-8-15)26-14-18(19,20)21;/h7-10H,3-6,11-14H2,1-2H3,(H2,22,23,24);1H. The number of ether oxygens (including phenoxy) is 2. The molecule has 0 fully saturated rings. The Hall–Kier alpha value is -1.23. The minimum atomic E-state index is -4.33. The van der Waals surface area contributed by atoms with Gasteiger partial charge in [0.05, 0.1) is 6.54 Å². The van der Waals surface area contributed by atoms with E-state index >= 15 is 0 Å². The second-order valence-electron chi connectivity index (χ2n) is 5.72. The molecule has 1 aromatic rings. The number of unbranched alkanes of at least 4 members (excludes halogenated alkanes) is 2. The maximum atomic E-state index is 12.1. The molecule has 5 nitrogen and oxygen atoms in total. The zero-order chi connectivity index (χ0) is 19.3. The quantitative estimate of drug-likeness (QED) is 0.207. The molecule has 0 bridgehead atoms. The van der Waals surface area contributed by atoms with E-state index in [2.05, 4.69) is 20.4 Å². The lowest BCUT2D eigenvalue weighted by molar-refractivity contribution is -0.153. The average Bonchev–Trinajstić information content (AvgIpc) is 2.61. The Kier molecular flexibility index (Phi) is 14.1. The summed E-state index contributed by atoms with van der Waals surface area (Å²) in [6.07, 6.45) is -1.19. The molecule has 0 aliphatic heterocycles. The number of guanidine groups is 1. The highest BCUT2D eigenvalue weighted by atomic mass is 127. The van der Waals surface area contributed by atoms with Crippen LogP contribution in [0.5, 0.6) is 5.75 Å². The van der Waals surface area contributed by atoms with Crippen LogP contribution in [0.1, 0.15) is 31.7 Å². The van der Waals surface area contributed by atoms with Crippen molar-refractivity contribution in [2.45, 2.75) is 38.9 Å². The van der Waals surface area contributed by atoms with E-state index in [1.165, 1.54) is 12.1 Å². The van der Waals surface area contributed by atoms with E-state index in [1.807, 2.05) is 6.92 Å². The van der Waals surface area contributed by atoms with Crippen molar-refractivity contribution in [3.63, 3.8) is 0 Å². The third-order valence-corrected chi connectivity index (χ3v) is 3.41. The minimum absolute atomic E-state index is 0. The number of alkyl halides is 3. The third kappa shape index (κ3) is 13.6. The number of halogens is 4. The molecule has 0 aliphatic rings. The van der Waals surface area contributed by atoms with Crippen molar-refractivity contribution in [1.82, 2.24) is 10.6 Å². The van der Waals surface area contributed by atoms with Crippen LogP contribution in [0.2, 0.25) is 0 Å². The molecule has 0 atom stereocenters. The molecular weight excluding hydrogens is 474 g/mol. The lowest BCUT2D eigenvalue weighted by atomic mass is 10.2. The van der Waals surface area contributed by atoms with Crippen LogP contribution < -0.4 is 15.4 Å². The van der Waals surface area contributed by atoms with Crippen molar-refractivity contribution in [2.24, 2.45) is 4.99 Å². The number of nitrogens with one attached hydrogen (secondary N) is 2. The molecule has 0 saturated carbocycles. The van der Waals surface area contributed by atoms with Crippen molar-refractivity contribution in [3.8, 4) is 5.75 Å². The Balaban J connectivity index is 0.00000676. The van der Waals surface area contributed by atoms with E-state index in [4.69, 9.17) is 4.74 Å². The van der Waals surface area contributed by atoms with Crippen LogP contribution in [0.3, 0.4) is 0 Å². The van der Waals surface area contributed by atoms with Crippen LogP contribution in [0.15, 0.2) is 29.3 Å². The van der Waals surface area contributed by atoms with Crippen LogP contribution in [0, 0.1) is 0 Å². The summed E-state index contributed by atoms with van der Waals surface area (Å²) < 4.78 is 46.1. The number of benzene rings is 1. The predicted octanol–water partition coefficient (Wildman–Crippen LogP) is 4.12. The lowest BCUT2D eigenvalue weighted by Crippen LogP contribution is -2.37. The summed E-state index contributed by atoms with van der Waals surface area (Å²) in [5.74, 6) is 0.910. The monoisotopic (exact) mass is 503 g/mol. The van der Waals surface area contributed by atoms with Crippen LogP contribution >= 0.6 is 24.0 Å². The van der Waals surface area contributed by atoms with E-state index in [0.717, 1.165) is 50.5 Å². The molecule has 0 spiro atoms. The van der Waals surface area contributed by atoms with Crippen molar-refractivity contribution in [3.05, 3.63) is 29.8 Å². The SMILES string of the molecule is CCNC(=NCc1ccc(OCC(F)(F)F)cc1)NCCCCCOC.I. The van der Waals surface area contributed by atoms with Crippen molar-refractivity contribution in [2.75, 3.05) is 33.4 Å². The maximum Gasteiger partial charge on any atom is 0.422 e. The molecule has 156 valence electrons. The van der Waals surface area contributed by atoms with Crippen LogP contribution in [0.25, 0.3) is 0 Å². The molecule has 0 heterocycles. The predicted molar refractivity (Wildman–Crippen MR) is 112 cm³/mol. The fraction of sp³-hybridized carbons (Fsp3) is 0.611. The second-order valence-corrected chi connectivity index (χ2v) is 5.72. The number of methoxy groups -OCH3 is 1. The van der Waals surface area contributed by atoms with Crippen molar-refractivity contribution < 1.29 is 22.6 Å². The van der Waals surface area contributed by atoms with Crippen LogP contribution in [-0.2, 0) is 11.3 Å². The normalized spacial score (nSPS) is 11.7. The van der Waals surface area contributed by atoms with E-state index < -0.39 is 12.8 Å². The first-order valence-corrected chi connectivity index (χ1v) is 8.74. The maximum absolute atomic E-state index is 12.1. The van der Waals surface area contributed by atoms with Gasteiger partial charge < -0.3 is 20.1 Å². The summed E-state index contributed by atoms with van der Waals surface area (Å²) in [5.41, 5.74) is 0.890. The minimum Gasteiger partial charge on any atom is -0.484 e. The highest BCUT2D eigenvalue weighted by Gasteiger charge is 2.28. The first-order valence-electron chi connectivity index (χ1n) is 8.74. The molecule has 27 heavy (non-hydrogen) atoms. The summed E-state index contributed by atoms with van der Waals surface area (Å²) in [7, 11) is 1.70. The molecule has 0 unspecified atom stereocenters. The van der Waals surface area contributed by atoms with E-state index in [9.17, 15) is 13.2 Å². The zero-order valence-electron chi connectivity index (χ0n) is 15.8. The van der Waals surface area contributed by atoms with Gasteiger partial charge in [0.1, 0.15) is 5.75 Å². The first-order chi connectivity index (χ1) is 12.4. The highest BCUT2D eigenvalue weighted by Crippen LogP contribution is 2.19. The van der Waals surface area contributed by atoms with E-state index in [0.29, 0.717) is 6.54 Å². The van der Waals surface area contributed by atoms with Crippen molar-refractivity contribution >= 4 is 29.9 Å². The Morgan fingerprint density at radius 2 is 1.78 bits per heavy atom. The molecule has 1 rings (SSSR count). The van der Waals surface area contributed by atoms with Gasteiger partial charge in [-0.15, -0.1) is 24.0 Å². The Bertz CT molecular complexity index is 526. The summed E-state index contributed by atoms with van der Waals surface area (Å²) in [6.45, 7) is 3.47. The average molecular weight is 503 g/mol. The summed E-state index contributed by atoms with van der Waals surface area (Å²) in [4.78, 5) is 4.48. The molecule has 0 aliphatic carbocycles. The van der Waals surface area contributed by atoms with Crippen LogP contribution in [-0.4, -0.2) is 45.5 Å². The largest absolute Gasteiger partial charge is 0.484 e. The van der Waals surface area contributed by atoms with Gasteiger partial charge in [0.25, 0.3) is 0 Å². The Morgan fingerprint density at radius 3 is 2.37 bits per heavy atom. The number of rotatable bonds is 11. The molecule has 1 aromatic carbocycles. The summed E-state index contributed by atoms with van der Waals surface area (Å²) in [6, 6.07) is 6.46. The highest BCUT2D eigenvalue weighted by molar-refractivity contribution is 14.0. The van der Waals surface area contributed by atoms with Gasteiger partial charge in [0.2, 0.25) is 0 Å². The van der Waals surface area contributed by atoms with Crippen LogP contribution in [0.4, 0.5) is 13.2 Å². The molecule has 0 aromatic heterocycles. The Labute approximate surface area is 176 Å². The molecule has 2 N–H and O–H groups in total. The molecule has 9 heteroatoms. The molecule has 0 radical (unpaired) electrons. The van der Waals surface area contributed by atoms with Gasteiger partial charge in [0, 0.05) is 26.8 Å². The summed E-state index contributed by atoms with van der Waals surface area (Å²) >= 11 is 0. The first kappa shape index (κ1) is 25.8. The summed E-state index contributed by atoms with van der Waals surface area (Å²) in [5, 5.41) is 6.43. The Morgan fingerprint density at radius 1 is 1.07 bits per heavy atom. The van der Waals surface area contributed by atoms with Gasteiger partial charge in [-0.25, -0.2) is 4.99 Å². The van der Waals surface area contributed by atoms with E-state index in [1.54, 1.807) is 19.2 Å². The van der Waals surface area contributed by atoms with Gasteiger partial charge in [-0.1, -0.05) is 12.1 Å². The number of aliphatic imine (C=N–C) groups is 1. The number of hydrogen-bond donors (Lipinski definition) is 2. The van der Waals surface area contributed by atoms with Gasteiger partial charge in [-0.3, -0.25) is 0 Å². The van der Waals surface area contributed by atoms with Gasteiger partial charge in [-0.05, 0) is 43.9 Å².